The minimum Gasteiger partial charge on any atom is -0.481 e. The lowest BCUT2D eigenvalue weighted by molar-refractivity contribution is -0.116. The molecule has 0 saturated carbocycles. The smallest absolute Gasteiger partial charge is 0.277 e. The molecule has 1 aromatic heterocycles. The number of anilines is 1. The van der Waals surface area contributed by atoms with E-state index in [0.717, 1.165) is 5.69 Å². The average molecular weight is 415 g/mol. The first-order valence-electron chi connectivity index (χ1n) is 9.19. The third-order valence-electron chi connectivity index (χ3n) is 4.03. The van der Waals surface area contributed by atoms with Crippen LogP contribution in [-0.4, -0.2) is 27.9 Å². The number of rotatable bonds is 8. The van der Waals surface area contributed by atoms with E-state index in [4.69, 9.17) is 9.15 Å². The van der Waals surface area contributed by atoms with Crippen molar-refractivity contribution in [3.05, 3.63) is 66.3 Å². The van der Waals surface area contributed by atoms with Crippen LogP contribution in [-0.2, 0) is 4.79 Å². The second kappa shape index (κ2) is 9.56. The standard InChI is InChI=1S/C21H22FN3O3S/c1-14(2)25(17-7-5-4-6-8-17)19(26)13-29-21-24-23-20(28-21)15(3)27-18-11-9-16(22)10-12-18/h4-12,14-15H,13H2,1-3H3/t15-/m0/s1. The Morgan fingerprint density at radius 3 is 2.45 bits per heavy atom. The van der Waals surface area contributed by atoms with E-state index in [1.54, 1.807) is 11.8 Å². The van der Waals surface area contributed by atoms with Crippen molar-refractivity contribution in [1.82, 2.24) is 10.2 Å². The summed E-state index contributed by atoms with van der Waals surface area (Å²) in [6.07, 6.45) is -0.505. The predicted molar refractivity (Wildman–Crippen MR) is 110 cm³/mol. The number of amides is 1. The van der Waals surface area contributed by atoms with Gasteiger partial charge in [-0.1, -0.05) is 30.0 Å². The Bertz CT molecular complexity index is 932. The Morgan fingerprint density at radius 1 is 1.10 bits per heavy atom. The number of carbonyl (C=O) groups is 1. The Morgan fingerprint density at radius 2 is 1.79 bits per heavy atom. The van der Waals surface area contributed by atoms with Gasteiger partial charge in [0.1, 0.15) is 11.6 Å². The molecule has 0 fully saturated rings. The van der Waals surface area contributed by atoms with Crippen LogP contribution < -0.4 is 9.64 Å². The maximum Gasteiger partial charge on any atom is 0.277 e. The number of hydrogen-bond acceptors (Lipinski definition) is 6. The van der Waals surface area contributed by atoms with Crippen LogP contribution in [0, 0.1) is 5.82 Å². The average Bonchev–Trinajstić information content (AvgIpc) is 3.18. The van der Waals surface area contributed by atoms with E-state index in [1.807, 2.05) is 44.2 Å². The van der Waals surface area contributed by atoms with Crippen LogP contribution in [0.4, 0.5) is 10.1 Å². The van der Waals surface area contributed by atoms with Crippen molar-refractivity contribution in [3.63, 3.8) is 0 Å². The molecule has 0 aliphatic heterocycles. The number of thioether (sulfide) groups is 1. The van der Waals surface area contributed by atoms with Gasteiger partial charge < -0.3 is 14.1 Å². The predicted octanol–water partition coefficient (Wildman–Crippen LogP) is 4.88. The van der Waals surface area contributed by atoms with Gasteiger partial charge in [-0.2, -0.15) is 0 Å². The molecule has 0 aliphatic rings. The van der Waals surface area contributed by atoms with E-state index in [1.165, 1.54) is 36.0 Å². The minimum absolute atomic E-state index is 0.0212. The molecule has 3 aromatic rings. The van der Waals surface area contributed by atoms with Gasteiger partial charge in [0.05, 0.1) is 5.75 Å². The summed E-state index contributed by atoms with van der Waals surface area (Å²) in [5.41, 5.74) is 0.848. The Kier molecular flexibility index (Phi) is 6.87. The number of para-hydroxylation sites is 1. The zero-order chi connectivity index (χ0) is 20.8. The van der Waals surface area contributed by atoms with E-state index in [-0.39, 0.29) is 29.4 Å². The van der Waals surface area contributed by atoms with E-state index in [9.17, 15) is 9.18 Å². The minimum atomic E-state index is -0.505. The van der Waals surface area contributed by atoms with Gasteiger partial charge in [0.2, 0.25) is 5.91 Å². The Labute approximate surface area is 173 Å². The first-order valence-corrected chi connectivity index (χ1v) is 10.2. The SMILES string of the molecule is CC(C)N(C(=O)CSc1nnc([C@H](C)Oc2ccc(F)cc2)o1)c1ccccc1. The number of ether oxygens (including phenoxy) is 1. The summed E-state index contributed by atoms with van der Waals surface area (Å²) in [5.74, 6) is 0.565. The molecule has 0 radical (unpaired) electrons. The van der Waals surface area contributed by atoms with E-state index < -0.39 is 6.10 Å². The number of carbonyl (C=O) groups excluding carboxylic acids is 1. The maximum atomic E-state index is 13.0. The molecule has 1 heterocycles. The van der Waals surface area contributed by atoms with Crippen molar-refractivity contribution in [2.45, 2.75) is 38.1 Å². The first-order chi connectivity index (χ1) is 13.9. The molecule has 152 valence electrons. The fourth-order valence-corrected chi connectivity index (χ4v) is 3.35. The van der Waals surface area contributed by atoms with Crippen LogP contribution in [0.1, 0.15) is 32.8 Å². The van der Waals surface area contributed by atoms with Gasteiger partial charge in [0, 0.05) is 11.7 Å². The molecule has 1 amide bonds. The summed E-state index contributed by atoms with van der Waals surface area (Å²) in [6, 6.07) is 15.2. The summed E-state index contributed by atoms with van der Waals surface area (Å²) in [5, 5.41) is 8.25. The highest BCUT2D eigenvalue weighted by Crippen LogP contribution is 2.25. The molecule has 0 aliphatic carbocycles. The van der Waals surface area contributed by atoms with Crippen molar-refractivity contribution < 1.29 is 18.3 Å². The molecule has 8 heteroatoms. The van der Waals surface area contributed by atoms with Crippen LogP contribution in [0.2, 0.25) is 0 Å². The summed E-state index contributed by atoms with van der Waals surface area (Å²) in [7, 11) is 0. The van der Waals surface area contributed by atoms with Crippen LogP contribution in [0.3, 0.4) is 0 Å². The summed E-state index contributed by atoms with van der Waals surface area (Å²) >= 11 is 1.18. The number of halogens is 1. The molecule has 0 saturated heterocycles. The molecule has 0 N–H and O–H groups in total. The monoisotopic (exact) mass is 415 g/mol. The van der Waals surface area contributed by atoms with Crippen molar-refractivity contribution in [3.8, 4) is 5.75 Å². The van der Waals surface area contributed by atoms with Crippen molar-refractivity contribution >= 4 is 23.4 Å². The van der Waals surface area contributed by atoms with Gasteiger partial charge in [0.15, 0.2) is 6.10 Å². The summed E-state index contributed by atoms with van der Waals surface area (Å²) in [4.78, 5) is 14.5. The van der Waals surface area contributed by atoms with Gasteiger partial charge in [-0.15, -0.1) is 10.2 Å². The molecule has 6 nitrogen and oxygen atoms in total. The maximum absolute atomic E-state index is 13.0. The number of benzene rings is 2. The Hall–Kier alpha value is -2.87. The van der Waals surface area contributed by atoms with Gasteiger partial charge in [-0.25, -0.2) is 4.39 Å². The zero-order valence-corrected chi connectivity index (χ0v) is 17.2. The lowest BCUT2D eigenvalue weighted by Crippen LogP contribution is -2.38. The quantitative estimate of drug-likeness (QED) is 0.488. The second-order valence-electron chi connectivity index (χ2n) is 6.60. The van der Waals surface area contributed by atoms with Gasteiger partial charge >= 0.3 is 0 Å². The highest BCUT2D eigenvalue weighted by molar-refractivity contribution is 7.99. The molecular formula is C21H22FN3O3S. The van der Waals surface area contributed by atoms with E-state index in [0.29, 0.717) is 11.0 Å². The third kappa shape index (κ3) is 5.57. The second-order valence-corrected chi connectivity index (χ2v) is 7.53. The normalized spacial score (nSPS) is 12.0. The molecule has 29 heavy (non-hydrogen) atoms. The van der Waals surface area contributed by atoms with Gasteiger partial charge in [0.25, 0.3) is 11.1 Å². The van der Waals surface area contributed by atoms with E-state index in [2.05, 4.69) is 10.2 Å². The topological polar surface area (TPSA) is 68.5 Å². The number of aromatic nitrogens is 2. The fraction of sp³-hybridized carbons (Fsp3) is 0.286. The van der Waals surface area contributed by atoms with Gasteiger partial charge in [-0.3, -0.25) is 4.79 Å². The van der Waals surface area contributed by atoms with Crippen LogP contribution in [0.25, 0.3) is 0 Å². The molecule has 0 unspecified atom stereocenters. The first kappa shape index (κ1) is 20.9. The van der Waals surface area contributed by atoms with Gasteiger partial charge in [-0.05, 0) is 57.2 Å². The molecule has 0 spiro atoms. The van der Waals surface area contributed by atoms with Crippen molar-refractivity contribution in [1.29, 1.82) is 0 Å². The van der Waals surface area contributed by atoms with E-state index >= 15 is 0 Å². The molecule has 3 rings (SSSR count). The molecular weight excluding hydrogens is 393 g/mol. The van der Waals surface area contributed by atoms with Crippen LogP contribution in [0.5, 0.6) is 5.75 Å². The largest absolute Gasteiger partial charge is 0.481 e. The fourth-order valence-electron chi connectivity index (χ4n) is 2.72. The molecule has 1 atom stereocenters. The third-order valence-corrected chi connectivity index (χ3v) is 4.84. The van der Waals surface area contributed by atoms with Crippen molar-refractivity contribution in [2.75, 3.05) is 10.7 Å². The van der Waals surface area contributed by atoms with Crippen LogP contribution >= 0.6 is 11.8 Å². The highest BCUT2D eigenvalue weighted by Gasteiger charge is 2.21. The number of nitrogens with zero attached hydrogens (tertiary/aromatic N) is 3. The Balaban J connectivity index is 1.59. The van der Waals surface area contributed by atoms with Crippen molar-refractivity contribution in [2.24, 2.45) is 0 Å². The highest BCUT2D eigenvalue weighted by atomic mass is 32.2. The lowest BCUT2D eigenvalue weighted by atomic mass is 10.2. The summed E-state index contributed by atoms with van der Waals surface area (Å²) in [6.45, 7) is 5.69. The zero-order valence-electron chi connectivity index (χ0n) is 16.4. The van der Waals surface area contributed by atoms with Crippen LogP contribution in [0.15, 0.2) is 64.2 Å². The lowest BCUT2D eigenvalue weighted by Gasteiger charge is -2.26. The molecule has 0 bridgehead atoms. The summed E-state index contributed by atoms with van der Waals surface area (Å²) < 4.78 is 24.3. The number of hydrogen-bond donors (Lipinski definition) is 0. The molecule has 2 aromatic carbocycles.